The van der Waals surface area contributed by atoms with Crippen molar-refractivity contribution in [3.8, 4) is 0 Å². The Labute approximate surface area is 165 Å². The van der Waals surface area contributed by atoms with Gasteiger partial charge >= 0.3 is 0 Å². The molecule has 1 amide bonds. The maximum absolute atomic E-state index is 12.8. The number of hydrogen-bond acceptors (Lipinski definition) is 4. The van der Waals surface area contributed by atoms with Crippen molar-refractivity contribution in [3.63, 3.8) is 0 Å². The second kappa shape index (κ2) is 8.48. The highest BCUT2D eigenvalue weighted by atomic mass is 32.2. The lowest BCUT2D eigenvalue weighted by Crippen LogP contribution is -2.44. The number of amides is 1. The molecular formula is C21H28N4OS. The number of carbonyl (C=O) groups excluding carboxylic acids is 1. The Morgan fingerprint density at radius 3 is 2.81 bits per heavy atom. The number of nitrogens with one attached hydrogen (secondary N) is 1. The summed E-state index contributed by atoms with van der Waals surface area (Å²) in [4.78, 5) is 15.4. The minimum atomic E-state index is -0.0300. The van der Waals surface area contributed by atoms with Crippen molar-refractivity contribution in [2.45, 2.75) is 31.7 Å². The maximum Gasteiger partial charge on any atom is 0.272 e. The fourth-order valence-corrected chi connectivity index (χ4v) is 5.19. The van der Waals surface area contributed by atoms with Crippen molar-refractivity contribution in [2.24, 2.45) is 7.05 Å². The maximum atomic E-state index is 12.8. The monoisotopic (exact) mass is 384 g/mol. The number of fused-ring (bicyclic) bond motifs is 1. The van der Waals surface area contributed by atoms with Crippen LogP contribution in [-0.2, 0) is 26.3 Å². The van der Waals surface area contributed by atoms with Crippen LogP contribution < -0.4 is 5.32 Å². The number of carbonyl (C=O) groups is 1. The topological polar surface area (TPSA) is 50.2 Å². The second-order valence-electron chi connectivity index (χ2n) is 7.43. The van der Waals surface area contributed by atoms with Gasteiger partial charge in [0.05, 0.1) is 0 Å². The molecule has 2 aromatic rings. The molecule has 6 heteroatoms. The fraction of sp³-hybridized carbons (Fsp3) is 0.524. The minimum Gasteiger partial charge on any atom is -0.350 e. The molecule has 1 aromatic heterocycles. The van der Waals surface area contributed by atoms with Crippen LogP contribution in [0.3, 0.4) is 0 Å². The Morgan fingerprint density at radius 2 is 2.04 bits per heavy atom. The Bertz CT molecular complexity index is 783. The van der Waals surface area contributed by atoms with Gasteiger partial charge in [-0.1, -0.05) is 30.3 Å². The summed E-state index contributed by atoms with van der Waals surface area (Å²) in [5.74, 6) is 2.42. The third-order valence-electron chi connectivity index (χ3n) is 5.75. The predicted molar refractivity (Wildman–Crippen MR) is 110 cm³/mol. The van der Waals surface area contributed by atoms with Gasteiger partial charge in [0.25, 0.3) is 5.91 Å². The van der Waals surface area contributed by atoms with E-state index < -0.39 is 0 Å². The van der Waals surface area contributed by atoms with E-state index in [0.717, 1.165) is 19.3 Å². The largest absolute Gasteiger partial charge is 0.350 e. The van der Waals surface area contributed by atoms with Crippen molar-refractivity contribution in [1.82, 2.24) is 20.0 Å². The first kappa shape index (κ1) is 18.6. The van der Waals surface area contributed by atoms with Crippen LogP contribution in [0.1, 0.15) is 33.7 Å². The summed E-state index contributed by atoms with van der Waals surface area (Å²) in [5, 5.41) is 7.65. The van der Waals surface area contributed by atoms with E-state index in [1.807, 2.05) is 41.7 Å². The summed E-state index contributed by atoms with van der Waals surface area (Å²) in [6, 6.07) is 10.8. The third-order valence-corrected chi connectivity index (χ3v) is 6.69. The lowest BCUT2D eigenvalue weighted by Gasteiger charge is -2.36. The summed E-state index contributed by atoms with van der Waals surface area (Å²) < 4.78 is 1.92. The van der Waals surface area contributed by atoms with Crippen molar-refractivity contribution < 1.29 is 4.79 Å². The summed E-state index contributed by atoms with van der Waals surface area (Å²) in [6.07, 6.45) is 3.99. The smallest absolute Gasteiger partial charge is 0.272 e. The molecule has 5 nitrogen and oxygen atoms in total. The Morgan fingerprint density at radius 1 is 1.26 bits per heavy atom. The molecule has 2 heterocycles. The Kier molecular flexibility index (Phi) is 5.83. The highest BCUT2D eigenvalue weighted by Gasteiger charge is 2.31. The van der Waals surface area contributed by atoms with Gasteiger partial charge < -0.3 is 5.32 Å². The van der Waals surface area contributed by atoms with Crippen LogP contribution in [0, 0.1) is 0 Å². The van der Waals surface area contributed by atoms with E-state index in [1.165, 1.54) is 47.8 Å². The molecule has 0 unspecified atom stereocenters. The molecule has 144 valence electrons. The predicted octanol–water partition coefficient (Wildman–Crippen LogP) is 2.30. The lowest BCUT2D eigenvalue weighted by atomic mass is 9.90. The van der Waals surface area contributed by atoms with E-state index in [0.29, 0.717) is 18.3 Å². The number of benzene rings is 1. The standard InChI is InChI=1S/C21H28N4OS/c1-24-19-8-7-17(25-11-13-27-14-12-25)15-18(19)20(23-24)21(26)22-10-9-16-5-3-2-4-6-16/h2-6,17H,7-15H2,1H3,(H,22,26)/t17-/m1/s1. The molecule has 4 rings (SSSR count). The lowest BCUT2D eigenvalue weighted by molar-refractivity contribution is 0.0946. The molecule has 0 saturated carbocycles. The molecule has 0 radical (unpaired) electrons. The molecule has 1 N–H and O–H groups in total. The SMILES string of the molecule is Cn1nc(C(=O)NCCc2ccccc2)c2c1CC[C@@H](N1CCSCC1)C2. The summed E-state index contributed by atoms with van der Waals surface area (Å²) in [7, 11) is 1.97. The van der Waals surface area contributed by atoms with Crippen molar-refractivity contribution >= 4 is 17.7 Å². The first-order chi connectivity index (χ1) is 13.2. The molecule has 1 fully saturated rings. The van der Waals surface area contributed by atoms with Gasteiger partial charge in [0.2, 0.25) is 0 Å². The molecule has 0 spiro atoms. The van der Waals surface area contributed by atoms with Crippen LogP contribution in [0.5, 0.6) is 0 Å². The third kappa shape index (κ3) is 4.22. The number of aromatic nitrogens is 2. The Balaban J connectivity index is 1.42. The molecule has 1 aliphatic carbocycles. The van der Waals surface area contributed by atoms with Crippen molar-refractivity contribution in [3.05, 3.63) is 52.8 Å². The van der Waals surface area contributed by atoms with Gasteiger partial charge in [-0.25, -0.2) is 0 Å². The Hall–Kier alpha value is -1.79. The average Bonchev–Trinajstić information content (AvgIpc) is 3.05. The molecule has 27 heavy (non-hydrogen) atoms. The van der Waals surface area contributed by atoms with Crippen molar-refractivity contribution in [1.29, 1.82) is 0 Å². The second-order valence-corrected chi connectivity index (χ2v) is 8.66. The van der Waals surface area contributed by atoms with Crippen LogP contribution in [-0.4, -0.2) is 57.8 Å². The summed E-state index contributed by atoms with van der Waals surface area (Å²) in [6.45, 7) is 2.98. The molecule has 0 bridgehead atoms. The van der Waals surface area contributed by atoms with E-state index in [2.05, 4.69) is 27.4 Å². The van der Waals surface area contributed by atoms with Gasteiger partial charge in [-0.2, -0.15) is 16.9 Å². The molecule has 2 aliphatic rings. The van der Waals surface area contributed by atoms with Gasteiger partial charge in [0, 0.05) is 55.5 Å². The summed E-state index contributed by atoms with van der Waals surface area (Å²) >= 11 is 2.05. The zero-order chi connectivity index (χ0) is 18.6. The number of nitrogens with zero attached hydrogens (tertiary/aromatic N) is 3. The van der Waals surface area contributed by atoms with E-state index in [1.54, 1.807) is 0 Å². The molecule has 1 aliphatic heterocycles. The number of rotatable bonds is 5. The fourth-order valence-electron chi connectivity index (χ4n) is 4.26. The van der Waals surface area contributed by atoms with Gasteiger partial charge in [0.1, 0.15) is 0 Å². The van der Waals surface area contributed by atoms with Crippen LogP contribution in [0.25, 0.3) is 0 Å². The van der Waals surface area contributed by atoms with Crippen LogP contribution >= 0.6 is 11.8 Å². The number of aryl methyl sites for hydroxylation is 1. The quantitative estimate of drug-likeness (QED) is 0.859. The molecule has 1 atom stereocenters. The van der Waals surface area contributed by atoms with Crippen molar-refractivity contribution in [2.75, 3.05) is 31.1 Å². The van der Waals surface area contributed by atoms with Gasteiger partial charge in [-0.15, -0.1) is 0 Å². The molecule has 1 saturated heterocycles. The van der Waals surface area contributed by atoms with Crippen LogP contribution in [0.15, 0.2) is 30.3 Å². The minimum absolute atomic E-state index is 0.0300. The molecular weight excluding hydrogens is 356 g/mol. The molecule has 1 aromatic carbocycles. The van der Waals surface area contributed by atoms with E-state index >= 15 is 0 Å². The highest BCUT2D eigenvalue weighted by molar-refractivity contribution is 7.99. The normalized spacial score (nSPS) is 20.3. The number of hydrogen-bond donors (Lipinski definition) is 1. The van der Waals surface area contributed by atoms with E-state index in [4.69, 9.17) is 0 Å². The zero-order valence-electron chi connectivity index (χ0n) is 16.0. The number of thioether (sulfide) groups is 1. The van der Waals surface area contributed by atoms with Gasteiger partial charge in [-0.3, -0.25) is 14.4 Å². The zero-order valence-corrected chi connectivity index (χ0v) is 16.8. The van der Waals surface area contributed by atoms with Crippen LogP contribution in [0.4, 0.5) is 0 Å². The van der Waals surface area contributed by atoms with Crippen LogP contribution in [0.2, 0.25) is 0 Å². The summed E-state index contributed by atoms with van der Waals surface area (Å²) in [5.41, 5.74) is 4.29. The first-order valence-electron chi connectivity index (χ1n) is 9.91. The van der Waals surface area contributed by atoms with E-state index in [9.17, 15) is 4.79 Å². The van der Waals surface area contributed by atoms with Gasteiger partial charge in [0.15, 0.2) is 5.69 Å². The average molecular weight is 385 g/mol. The first-order valence-corrected chi connectivity index (χ1v) is 11.1. The van der Waals surface area contributed by atoms with E-state index in [-0.39, 0.29) is 5.91 Å². The van der Waals surface area contributed by atoms with Gasteiger partial charge in [-0.05, 0) is 31.2 Å². The highest BCUT2D eigenvalue weighted by Crippen LogP contribution is 2.28.